The first kappa shape index (κ1) is 7.06. The molecule has 0 bridgehead atoms. The summed E-state index contributed by atoms with van der Waals surface area (Å²) in [6.45, 7) is 1.82. The second-order valence-electron chi connectivity index (χ2n) is 3.17. The van der Waals surface area contributed by atoms with E-state index in [4.69, 9.17) is 9.84 Å². The highest BCUT2D eigenvalue weighted by Gasteiger charge is 2.48. The van der Waals surface area contributed by atoms with Crippen molar-refractivity contribution in [2.24, 2.45) is 5.92 Å². The van der Waals surface area contributed by atoms with Crippen molar-refractivity contribution >= 4 is 5.91 Å². The first-order chi connectivity index (χ1) is 5.18. The standard InChI is InChI=1S/C7H11NO3/c1-3-6-4(8-7(6)10)2-5(9)11-3/h3-6,9H,2H2,1H3,(H,8,10)/t3-,4-,5+,6+/m1/s1. The molecule has 0 aliphatic carbocycles. The molecule has 0 unspecified atom stereocenters. The molecule has 4 atom stereocenters. The maximum atomic E-state index is 10.9. The monoisotopic (exact) mass is 157 g/mol. The van der Waals surface area contributed by atoms with Gasteiger partial charge in [-0.25, -0.2) is 0 Å². The van der Waals surface area contributed by atoms with Crippen LogP contribution in [-0.4, -0.2) is 29.4 Å². The third-order valence-electron chi connectivity index (χ3n) is 2.40. The SMILES string of the molecule is C[C@H]1O[C@H](O)C[C@H]2NC(=O)[C@H]21. The van der Waals surface area contributed by atoms with Crippen LogP contribution in [0.25, 0.3) is 0 Å². The van der Waals surface area contributed by atoms with Gasteiger partial charge in [0.15, 0.2) is 6.29 Å². The number of hydrogen-bond donors (Lipinski definition) is 2. The molecule has 2 fully saturated rings. The molecule has 0 radical (unpaired) electrons. The summed E-state index contributed by atoms with van der Waals surface area (Å²) in [5, 5.41) is 11.8. The number of carbonyl (C=O) groups is 1. The second kappa shape index (κ2) is 2.19. The number of hydrogen-bond acceptors (Lipinski definition) is 3. The van der Waals surface area contributed by atoms with E-state index in [-0.39, 0.29) is 24.0 Å². The number of nitrogens with one attached hydrogen (secondary N) is 1. The van der Waals surface area contributed by atoms with Gasteiger partial charge in [-0.2, -0.15) is 0 Å². The highest BCUT2D eigenvalue weighted by molar-refractivity contribution is 5.86. The Bertz CT molecular complexity index is 186. The zero-order valence-electron chi connectivity index (χ0n) is 6.28. The predicted octanol–water partition coefficient (Wildman–Crippen LogP) is -0.772. The Morgan fingerprint density at radius 2 is 2.45 bits per heavy atom. The van der Waals surface area contributed by atoms with Gasteiger partial charge >= 0.3 is 0 Å². The van der Waals surface area contributed by atoms with Crippen LogP contribution in [0.3, 0.4) is 0 Å². The van der Waals surface area contributed by atoms with Gasteiger partial charge in [0, 0.05) is 12.5 Å². The third-order valence-corrected chi connectivity index (χ3v) is 2.40. The van der Waals surface area contributed by atoms with Gasteiger partial charge in [-0.1, -0.05) is 0 Å². The predicted molar refractivity (Wildman–Crippen MR) is 36.6 cm³/mol. The number of aliphatic hydroxyl groups is 1. The first-order valence-corrected chi connectivity index (χ1v) is 3.82. The molecule has 62 valence electrons. The van der Waals surface area contributed by atoms with E-state index < -0.39 is 6.29 Å². The van der Waals surface area contributed by atoms with Crippen molar-refractivity contribution in [2.75, 3.05) is 0 Å². The fourth-order valence-corrected chi connectivity index (χ4v) is 1.81. The summed E-state index contributed by atoms with van der Waals surface area (Å²) in [5.74, 6) is 0.0211. The molecule has 2 aliphatic rings. The Morgan fingerprint density at radius 3 is 3.00 bits per heavy atom. The Hall–Kier alpha value is -0.610. The molecule has 2 N–H and O–H groups in total. The molecule has 0 aromatic heterocycles. The zero-order chi connectivity index (χ0) is 8.01. The molecule has 2 rings (SSSR count). The van der Waals surface area contributed by atoms with Crippen molar-refractivity contribution in [3.8, 4) is 0 Å². The highest BCUT2D eigenvalue weighted by Crippen LogP contribution is 2.30. The summed E-state index contributed by atoms with van der Waals surface area (Å²) in [4.78, 5) is 10.9. The van der Waals surface area contributed by atoms with Crippen molar-refractivity contribution in [1.29, 1.82) is 0 Å². The summed E-state index contributed by atoms with van der Waals surface area (Å²) in [6.07, 6.45) is -0.315. The summed E-state index contributed by atoms with van der Waals surface area (Å²) in [6, 6.07) is 0.140. The van der Waals surface area contributed by atoms with Crippen LogP contribution in [-0.2, 0) is 9.53 Å². The number of β-lactam (4-membered cyclic amide) rings is 1. The molecule has 0 aromatic carbocycles. The average Bonchev–Trinajstić information content (AvgIpc) is 1.83. The van der Waals surface area contributed by atoms with Crippen LogP contribution in [0.2, 0.25) is 0 Å². The van der Waals surface area contributed by atoms with E-state index in [0.717, 1.165) is 0 Å². The lowest BCUT2D eigenvalue weighted by molar-refractivity contribution is -0.203. The lowest BCUT2D eigenvalue weighted by atomic mass is 9.82. The van der Waals surface area contributed by atoms with Gasteiger partial charge < -0.3 is 15.2 Å². The average molecular weight is 157 g/mol. The van der Waals surface area contributed by atoms with Gasteiger partial charge in [-0.15, -0.1) is 0 Å². The van der Waals surface area contributed by atoms with Gasteiger partial charge in [0.25, 0.3) is 0 Å². The van der Waals surface area contributed by atoms with Crippen LogP contribution in [0.1, 0.15) is 13.3 Å². The minimum absolute atomic E-state index is 0.0293. The number of rotatable bonds is 0. The maximum absolute atomic E-state index is 10.9. The Kier molecular flexibility index (Phi) is 1.40. The largest absolute Gasteiger partial charge is 0.368 e. The van der Waals surface area contributed by atoms with Crippen molar-refractivity contribution in [3.63, 3.8) is 0 Å². The molecule has 11 heavy (non-hydrogen) atoms. The van der Waals surface area contributed by atoms with Crippen molar-refractivity contribution in [1.82, 2.24) is 5.32 Å². The molecule has 4 heteroatoms. The van der Waals surface area contributed by atoms with Gasteiger partial charge in [-0.3, -0.25) is 4.79 Å². The van der Waals surface area contributed by atoms with Gasteiger partial charge in [-0.05, 0) is 6.92 Å². The number of amides is 1. The number of aliphatic hydroxyl groups excluding tert-OH is 1. The first-order valence-electron chi connectivity index (χ1n) is 3.82. The molecular formula is C7H11NO3. The van der Waals surface area contributed by atoms with E-state index in [2.05, 4.69) is 5.32 Å². The Labute approximate surface area is 64.5 Å². The third kappa shape index (κ3) is 0.937. The summed E-state index contributed by atoms with van der Waals surface area (Å²) in [5.41, 5.74) is 0. The molecule has 0 saturated carbocycles. The summed E-state index contributed by atoms with van der Waals surface area (Å²) in [7, 11) is 0. The molecule has 0 aromatic rings. The Balaban J connectivity index is 2.07. The summed E-state index contributed by atoms with van der Waals surface area (Å²) < 4.78 is 5.09. The van der Waals surface area contributed by atoms with Crippen LogP contribution in [0.5, 0.6) is 0 Å². The van der Waals surface area contributed by atoms with Crippen LogP contribution in [0.4, 0.5) is 0 Å². The van der Waals surface area contributed by atoms with Crippen LogP contribution >= 0.6 is 0 Å². The van der Waals surface area contributed by atoms with Crippen molar-refractivity contribution in [3.05, 3.63) is 0 Å². The van der Waals surface area contributed by atoms with Gasteiger partial charge in [0.2, 0.25) is 5.91 Å². The van der Waals surface area contributed by atoms with E-state index in [1.165, 1.54) is 0 Å². The molecule has 1 amide bonds. The summed E-state index contributed by atoms with van der Waals surface area (Å²) >= 11 is 0. The molecule has 2 aliphatic heterocycles. The van der Waals surface area contributed by atoms with Gasteiger partial charge in [0.05, 0.1) is 12.0 Å². The lowest BCUT2D eigenvalue weighted by Gasteiger charge is -2.45. The fraction of sp³-hybridized carbons (Fsp3) is 0.857. The highest BCUT2D eigenvalue weighted by atomic mass is 16.6. The van der Waals surface area contributed by atoms with Gasteiger partial charge in [0.1, 0.15) is 0 Å². The zero-order valence-corrected chi connectivity index (χ0v) is 6.28. The van der Waals surface area contributed by atoms with Crippen molar-refractivity contribution in [2.45, 2.75) is 31.8 Å². The smallest absolute Gasteiger partial charge is 0.228 e. The lowest BCUT2D eigenvalue weighted by Crippen LogP contribution is -2.66. The molecular weight excluding hydrogens is 146 g/mol. The van der Waals surface area contributed by atoms with E-state index in [1.807, 2.05) is 6.92 Å². The van der Waals surface area contributed by atoms with Crippen LogP contribution in [0.15, 0.2) is 0 Å². The normalized spacial score (nSPS) is 49.1. The number of ether oxygens (including phenoxy) is 1. The molecule has 4 nitrogen and oxygen atoms in total. The van der Waals surface area contributed by atoms with E-state index in [1.54, 1.807) is 0 Å². The molecule has 0 spiro atoms. The second-order valence-corrected chi connectivity index (χ2v) is 3.17. The number of carbonyl (C=O) groups excluding carboxylic acids is 1. The number of fused-ring (bicyclic) bond motifs is 1. The molecule has 2 heterocycles. The molecule has 2 saturated heterocycles. The van der Waals surface area contributed by atoms with Crippen LogP contribution < -0.4 is 5.32 Å². The fourth-order valence-electron chi connectivity index (χ4n) is 1.81. The Morgan fingerprint density at radius 1 is 1.73 bits per heavy atom. The van der Waals surface area contributed by atoms with E-state index in [0.29, 0.717) is 6.42 Å². The van der Waals surface area contributed by atoms with Crippen LogP contribution in [0, 0.1) is 5.92 Å². The minimum atomic E-state index is -0.702. The minimum Gasteiger partial charge on any atom is -0.368 e. The quantitative estimate of drug-likeness (QED) is 0.454. The van der Waals surface area contributed by atoms with E-state index in [9.17, 15) is 4.79 Å². The van der Waals surface area contributed by atoms with Crippen molar-refractivity contribution < 1.29 is 14.6 Å². The topological polar surface area (TPSA) is 58.6 Å². The van der Waals surface area contributed by atoms with E-state index >= 15 is 0 Å². The maximum Gasteiger partial charge on any atom is 0.228 e.